The third-order valence-electron chi connectivity index (χ3n) is 9.51. The molecule has 0 aliphatic carbocycles. The van der Waals surface area contributed by atoms with Crippen molar-refractivity contribution in [1.82, 2.24) is 19.9 Å². The van der Waals surface area contributed by atoms with Gasteiger partial charge in [0.1, 0.15) is 0 Å². The Morgan fingerprint density at radius 2 is 0.726 bits per heavy atom. The van der Waals surface area contributed by atoms with E-state index in [4.69, 9.17) is 0 Å². The minimum Gasteiger partial charge on any atom is -0.254 e. The summed E-state index contributed by atoms with van der Waals surface area (Å²) < 4.78 is 59.2. The Kier molecular flexibility index (Phi) is 15.6. The maximum absolute atomic E-state index is 10.7. The summed E-state index contributed by atoms with van der Waals surface area (Å²) in [5.41, 5.74) is 11.9. The van der Waals surface area contributed by atoms with Crippen molar-refractivity contribution in [3.63, 3.8) is 0 Å². The molecule has 0 aliphatic rings. The number of fused-ring (bicyclic) bond motifs is 3. The minimum atomic E-state index is -10.7. The summed E-state index contributed by atoms with van der Waals surface area (Å²) in [6.45, 7) is 26.6. The fourth-order valence-corrected chi connectivity index (χ4v) is 5.87. The van der Waals surface area contributed by atoms with E-state index in [9.17, 15) is 25.2 Å². The SMILES string of the molecule is CC(C)(C)c1c[c-]c(-c2cc(C(C)(C)C)ccn2)cc1.CC(C)(C)c1c[c-]c(-c2cc(C(C)(C)C)ccn2)cc1.F[P-](F)(F)(F)(F)F.[Ir+3].c1cnc2c(c1)ccc1cccnc12. The third kappa shape index (κ3) is 17.0. The van der Waals surface area contributed by atoms with E-state index in [2.05, 4.69) is 200 Å². The first kappa shape index (κ1) is 51.8. The summed E-state index contributed by atoms with van der Waals surface area (Å²) in [5.74, 6) is 0. The van der Waals surface area contributed by atoms with Crippen LogP contribution in [0.1, 0.15) is 105 Å². The van der Waals surface area contributed by atoms with Crippen LogP contribution in [0.2, 0.25) is 0 Å². The average molecular weight is 1050 g/mol. The second kappa shape index (κ2) is 18.7. The number of rotatable bonds is 2. The molecule has 7 aromatic rings. The van der Waals surface area contributed by atoms with Crippen LogP contribution in [0, 0.1) is 12.1 Å². The molecule has 0 aliphatic heterocycles. The van der Waals surface area contributed by atoms with Crippen LogP contribution in [0.4, 0.5) is 25.2 Å². The Labute approximate surface area is 376 Å². The standard InChI is InChI=1S/2C19H24N.C12H8N2.F6P.Ir/c2*1-18(2,3)15-9-7-14(8-10-15)17-13-16(11-12-20-17)19(4,5)6;1-3-9-5-6-10-4-2-8-14-12(10)11(9)13-7-1;1-7(2,3,4,5)6;/h2*7,9-13H,1-6H3;1-8H;;/q2*-1;;-1;+3. The Morgan fingerprint density at radius 3 is 1.00 bits per heavy atom. The zero-order chi connectivity index (χ0) is 45.7. The van der Waals surface area contributed by atoms with E-state index in [0.717, 1.165) is 44.3 Å². The molecule has 62 heavy (non-hydrogen) atoms. The van der Waals surface area contributed by atoms with Gasteiger partial charge in [-0.25, -0.2) is 0 Å². The van der Waals surface area contributed by atoms with Gasteiger partial charge in [-0.2, -0.15) is 0 Å². The molecule has 0 bridgehead atoms. The molecule has 4 aromatic heterocycles. The van der Waals surface area contributed by atoms with E-state index in [1.807, 2.05) is 24.5 Å². The molecule has 12 heteroatoms. The number of aromatic nitrogens is 4. The maximum atomic E-state index is 9.87. The number of benzene rings is 3. The van der Waals surface area contributed by atoms with Crippen LogP contribution < -0.4 is 0 Å². The van der Waals surface area contributed by atoms with Gasteiger partial charge in [-0.15, -0.1) is 70.8 Å². The van der Waals surface area contributed by atoms with Gasteiger partial charge in [-0.1, -0.05) is 119 Å². The fraction of sp³-hybridized carbons (Fsp3) is 0.320. The predicted octanol–water partition coefficient (Wildman–Crippen LogP) is 16.5. The van der Waals surface area contributed by atoms with Crippen molar-refractivity contribution in [3.05, 3.63) is 156 Å². The maximum Gasteiger partial charge on any atom is 3.00 e. The average Bonchev–Trinajstić information content (AvgIpc) is 3.16. The molecule has 0 fully saturated rings. The largest absolute Gasteiger partial charge is 3.00 e. The van der Waals surface area contributed by atoms with Crippen molar-refractivity contribution >= 4 is 29.6 Å². The van der Waals surface area contributed by atoms with E-state index in [1.165, 1.54) is 22.3 Å². The minimum absolute atomic E-state index is 0. The Hall–Kier alpha value is -4.56. The normalized spacial score (nSPS) is 13.1. The quantitative estimate of drug-likeness (QED) is 0.0749. The van der Waals surface area contributed by atoms with E-state index >= 15 is 0 Å². The molecule has 7 rings (SSSR count). The number of hydrogen-bond acceptors (Lipinski definition) is 4. The molecule has 0 amide bonds. The molecule has 0 atom stereocenters. The Bertz CT molecular complexity index is 2380. The molecule has 0 N–H and O–H groups in total. The van der Waals surface area contributed by atoms with Crippen LogP contribution in [0.3, 0.4) is 0 Å². The summed E-state index contributed by atoms with van der Waals surface area (Å²) in [6.07, 6.45) is 7.38. The van der Waals surface area contributed by atoms with Crippen LogP contribution in [0.15, 0.2) is 122 Å². The van der Waals surface area contributed by atoms with Gasteiger partial charge in [0.15, 0.2) is 0 Å². The van der Waals surface area contributed by atoms with Crippen molar-refractivity contribution in [3.8, 4) is 22.5 Å². The first-order valence-electron chi connectivity index (χ1n) is 19.9. The number of halogens is 6. The molecule has 0 saturated heterocycles. The van der Waals surface area contributed by atoms with E-state index in [-0.39, 0.29) is 41.8 Å². The number of hydrogen-bond donors (Lipinski definition) is 0. The number of nitrogens with zero attached hydrogens (tertiary/aromatic N) is 4. The monoisotopic (exact) mass is 1050 g/mol. The van der Waals surface area contributed by atoms with E-state index in [0.29, 0.717) is 0 Å². The zero-order valence-electron chi connectivity index (χ0n) is 37.4. The van der Waals surface area contributed by atoms with Gasteiger partial charge in [0, 0.05) is 35.6 Å². The second-order valence-corrected chi connectivity index (χ2v) is 20.9. The molecule has 0 unspecified atom stereocenters. The van der Waals surface area contributed by atoms with Crippen molar-refractivity contribution in [1.29, 1.82) is 0 Å². The van der Waals surface area contributed by atoms with E-state index in [1.54, 1.807) is 12.4 Å². The summed E-state index contributed by atoms with van der Waals surface area (Å²) in [4.78, 5) is 17.7. The van der Waals surface area contributed by atoms with Crippen molar-refractivity contribution in [2.24, 2.45) is 0 Å². The molecule has 4 heterocycles. The third-order valence-corrected chi connectivity index (χ3v) is 9.51. The predicted molar refractivity (Wildman–Crippen MR) is 242 cm³/mol. The van der Waals surface area contributed by atoms with Gasteiger partial charge in [-0.05, 0) is 68.4 Å². The molecule has 0 radical (unpaired) electrons. The van der Waals surface area contributed by atoms with Crippen LogP contribution in [-0.2, 0) is 41.8 Å². The smallest absolute Gasteiger partial charge is 0.254 e. The van der Waals surface area contributed by atoms with Crippen LogP contribution in [0.25, 0.3) is 44.3 Å². The van der Waals surface area contributed by atoms with Crippen LogP contribution in [-0.4, -0.2) is 19.9 Å². The van der Waals surface area contributed by atoms with Gasteiger partial charge in [0.05, 0.1) is 11.0 Å². The van der Waals surface area contributed by atoms with Gasteiger partial charge in [0.25, 0.3) is 0 Å². The van der Waals surface area contributed by atoms with E-state index < -0.39 is 7.81 Å². The second-order valence-electron chi connectivity index (χ2n) is 19.0. The Balaban J connectivity index is 0.000000231. The summed E-state index contributed by atoms with van der Waals surface area (Å²) in [5, 5.41) is 2.28. The van der Waals surface area contributed by atoms with Gasteiger partial charge < -0.3 is 9.97 Å². The summed E-state index contributed by atoms with van der Waals surface area (Å²) >= 11 is 0. The summed E-state index contributed by atoms with van der Waals surface area (Å²) in [7, 11) is -10.7. The van der Waals surface area contributed by atoms with Crippen molar-refractivity contribution in [2.75, 3.05) is 0 Å². The topological polar surface area (TPSA) is 51.6 Å². The van der Waals surface area contributed by atoms with Crippen LogP contribution in [0.5, 0.6) is 0 Å². The summed E-state index contributed by atoms with van der Waals surface area (Å²) in [6, 6.07) is 40.2. The van der Waals surface area contributed by atoms with Gasteiger partial charge >= 0.3 is 53.1 Å². The van der Waals surface area contributed by atoms with Crippen molar-refractivity contribution in [2.45, 2.75) is 105 Å². The molecular weight excluding hydrogens is 994 g/mol. The molecule has 332 valence electrons. The van der Waals surface area contributed by atoms with Gasteiger partial charge in [-0.3, -0.25) is 9.97 Å². The van der Waals surface area contributed by atoms with Crippen molar-refractivity contribution < 1.29 is 45.3 Å². The zero-order valence-corrected chi connectivity index (χ0v) is 40.7. The molecule has 0 spiro atoms. The molecule has 4 nitrogen and oxygen atoms in total. The molecule has 0 saturated carbocycles. The Morgan fingerprint density at radius 1 is 0.403 bits per heavy atom. The fourth-order valence-electron chi connectivity index (χ4n) is 5.87. The van der Waals surface area contributed by atoms with Crippen LogP contribution >= 0.6 is 7.81 Å². The first-order chi connectivity index (χ1) is 27.8. The molecular formula is C50H56F6IrN4P. The first-order valence-corrected chi connectivity index (χ1v) is 21.9. The van der Waals surface area contributed by atoms with Gasteiger partial charge in [0.2, 0.25) is 0 Å². The molecule has 3 aromatic carbocycles. The number of pyridine rings is 4.